The molecule has 0 aliphatic rings. The van der Waals surface area contributed by atoms with E-state index in [1.807, 2.05) is 14.1 Å². The summed E-state index contributed by atoms with van der Waals surface area (Å²) < 4.78 is 216. The average molecular weight is 541 g/mol. The molecular weight excluding hydrogens is 533 g/mol. The number of nitrogens with one attached hydrogen (secondary N) is 1. The standard InChI is InChI=1S/C9HF17O4.C2H7N/c10-2(1(27)28,5(14,15)16)29-9(25,26)4(13,7(20,21)22)30-8(23,24)3(11,12)6(17,18)19;1-3-2/h(H,27,28);3H,1-2H3. The predicted molar refractivity (Wildman–Crippen MR) is 65.5 cm³/mol. The maximum absolute atomic E-state index is 13.5. The minimum absolute atomic E-state index is 1.19. The lowest BCUT2D eigenvalue weighted by Crippen LogP contribution is -2.68. The first-order valence-electron chi connectivity index (χ1n) is 6.96. The summed E-state index contributed by atoms with van der Waals surface area (Å²) in [4.78, 5) is 10.1. The van der Waals surface area contributed by atoms with Gasteiger partial charge in [0, 0.05) is 0 Å². The molecule has 0 saturated carbocycles. The van der Waals surface area contributed by atoms with Crippen LogP contribution in [0.5, 0.6) is 0 Å². The highest BCUT2D eigenvalue weighted by Gasteiger charge is 2.85. The molecule has 0 aliphatic carbocycles. The van der Waals surface area contributed by atoms with Crippen molar-refractivity contribution >= 4 is 5.97 Å². The second-order valence-electron chi connectivity index (χ2n) is 5.30. The zero-order valence-corrected chi connectivity index (χ0v) is 15.1. The molecule has 0 saturated heterocycles. The third-order valence-electron chi connectivity index (χ3n) is 2.64. The third-order valence-corrected chi connectivity index (χ3v) is 2.64. The fourth-order valence-corrected chi connectivity index (χ4v) is 1.15. The van der Waals surface area contributed by atoms with E-state index in [1.54, 1.807) is 0 Å². The van der Waals surface area contributed by atoms with E-state index in [4.69, 9.17) is 5.11 Å². The highest BCUT2D eigenvalue weighted by Crippen LogP contribution is 2.56. The van der Waals surface area contributed by atoms with E-state index in [2.05, 4.69) is 5.32 Å². The number of ether oxygens (including phenoxy) is 2. The molecule has 0 bridgehead atoms. The molecule has 0 fully saturated rings. The monoisotopic (exact) mass is 541 g/mol. The van der Waals surface area contributed by atoms with Gasteiger partial charge in [-0.25, -0.2) is 4.79 Å². The van der Waals surface area contributed by atoms with Gasteiger partial charge in [-0.2, -0.15) is 74.6 Å². The van der Waals surface area contributed by atoms with Gasteiger partial charge in [-0.3, -0.25) is 9.47 Å². The summed E-state index contributed by atoms with van der Waals surface area (Å²) >= 11 is 0. The van der Waals surface area contributed by atoms with Crippen molar-refractivity contribution in [3.8, 4) is 0 Å². The topological polar surface area (TPSA) is 67.8 Å². The van der Waals surface area contributed by atoms with Crippen molar-refractivity contribution in [2.24, 2.45) is 0 Å². The van der Waals surface area contributed by atoms with Crippen LogP contribution in [0.1, 0.15) is 0 Å². The number of hydrogen-bond acceptors (Lipinski definition) is 4. The van der Waals surface area contributed by atoms with E-state index in [9.17, 15) is 79.4 Å². The molecular formula is C11H8F17NO4. The molecule has 0 spiro atoms. The first-order valence-corrected chi connectivity index (χ1v) is 6.96. The zero-order chi connectivity index (χ0) is 27.7. The molecule has 0 rings (SSSR count). The van der Waals surface area contributed by atoms with E-state index in [-0.39, 0.29) is 0 Å². The molecule has 0 heterocycles. The summed E-state index contributed by atoms with van der Waals surface area (Å²) in [6, 6.07) is 0. The number of rotatable bonds is 7. The molecule has 2 atom stereocenters. The number of carboxylic acids is 1. The van der Waals surface area contributed by atoms with Crippen LogP contribution in [-0.2, 0) is 14.3 Å². The highest BCUT2D eigenvalue weighted by molar-refractivity contribution is 5.76. The maximum atomic E-state index is 13.5. The largest absolute Gasteiger partial charge is 0.477 e. The SMILES string of the molecule is CNC.O=C(O)C(F)(OC(F)(F)C(F)(OC(F)(F)C(F)(F)C(F)(F)F)C(F)(F)F)C(F)(F)F. The van der Waals surface area contributed by atoms with E-state index < -0.39 is 54.3 Å². The Labute approximate surface area is 169 Å². The summed E-state index contributed by atoms with van der Waals surface area (Å²) in [6.07, 6.45) is -38.8. The Bertz CT molecular complexity index is 671. The van der Waals surface area contributed by atoms with E-state index in [0.29, 0.717) is 0 Å². The normalized spacial score (nSPS) is 18.0. The first-order chi connectivity index (χ1) is 14.0. The van der Waals surface area contributed by atoms with Crippen molar-refractivity contribution in [3.05, 3.63) is 0 Å². The fourth-order valence-electron chi connectivity index (χ4n) is 1.15. The number of halogens is 17. The van der Waals surface area contributed by atoms with Crippen molar-refractivity contribution < 1.29 is 94.0 Å². The Kier molecular flexibility index (Phi) is 9.52. The first kappa shape index (κ1) is 33.3. The van der Waals surface area contributed by atoms with Gasteiger partial charge in [0.1, 0.15) is 0 Å². The molecule has 0 amide bonds. The molecule has 0 radical (unpaired) electrons. The third kappa shape index (κ3) is 6.39. The highest BCUT2D eigenvalue weighted by atomic mass is 19.4. The van der Waals surface area contributed by atoms with Crippen LogP contribution in [0, 0.1) is 0 Å². The van der Waals surface area contributed by atoms with Crippen molar-refractivity contribution in [1.82, 2.24) is 5.32 Å². The molecule has 0 aliphatic heterocycles. The van der Waals surface area contributed by atoms with Crippen LogP contribution in [0.15, 0.2) is 0 Å². The van der Waals surface area contributed by atoms with Crippen LogP contribution in [-0.4, -0.2) is 73.5 Å². The minimum Gasteiger partial charge on any atom is -0.477 e. The number of aliphatic carboxylic acids is 1. The smallest absolute Gasteiger partial charge is 0.462 e. The number of carbonyl (C=O) groups is 1. The van der Waals surface area contributed by atoms with Gasteiger partial charge in [0.2, 0.25) is 0 Å². The lowest BCUT2D eigenvalue weighted by atomic mass is 10.2. The van der Waals surface area contributed by atoms with Gasteiger partial charge >= 0.3 is 54.3 Å². The molecule has 200 valence electrons. The quantitative estimate of drug-likeness (QED) is 0.455. The van der Waals surface area contributed by atoms with Crippen LogP contribution < -0.4 is 5.32 Å². The lowest BCUT2D eigenvalue weighted by molar-refractivity contribution is -0.548. The van der Waals surface area contributed by atoms with Gasteiger partial charge in [-0.05, 0) is 14.1 Å². The Morgan fingerprint density at radius 2 is 0.939 bits per heavy atom. The van der Waals surface area contributed by atoms with Gasteiger partial charge in [0.25, 0.3) is 0 Å². The zero-order valence-electron chi connectivity index (χ0n) is 15.1. The van der Waals surface area contributed by atoms with Crippen LogP contribution in [0.2, 0.25) is 0 Å². The summed E-state index contributed by atoms with van der Waals surface area (Å²) in [6.45, 7) is 0. The maximum Gasteiger partial charge on any atom is 0.462 e. The lowest BCUT2D eigenvalue weighted by Gasteiger charge is -2.39. The van der Waals surface area contributed by atoms with E-state index in [0.717, 1.165) is 0 Å². The van der Waals surface area contributed by atoms with Gasteiger partial charge < -0.3 is 10.4 Å². The molecule has 33 heavy (non-hydrogen) atoms. The number of hydrogen-bond donors (Lipinski definition) is 2. The summed E-state index contributed by atoms with van der Waals surface area (Å²) in [5.74, 6) is -27.3. The van der Waals surface area contributed by atoms with Gasteiger partial charge in [-0.15, -0.1) is 0 Å². The minimum atomic E-state index is -8.09. The van der Waals surface area contributed by atoms with Crippen LogP contribution in [0.4, 0.5) is 74.6 Å². The molecule has 22 heteroatoms. The van der Waals surface area contributed by atoms with Crippen molar-refractivity contribution in [1.29, 1.82) is 0 Å². The summed E-state index contributed by atoms with van der Waals surface area (Å²) in [5.41, 5.74) is 0. The second-order valence-corrected chi connectivity index (χ2v) is 5.30. The molecule has 5 nitrogen and oxygen atoms in total. The van der Waals surface area contributed by atoms with E-state index >= 15 is 0 Å². The van der Waals surface area contributed by atoms with Gasteiger partial charge in [0.15, 0.2) is 0 Å². The molecule has 0 aromatic carbocycles. The molecule has 2 N–H and O–H groups in total. The Morgan fingerprint density at radius 3 is 1.15 bits per heavy atom. The Balaban J connectivity index is 0. The Morgan fingerprint density at radius 1 is 0.606 bits per heavy atom. The van der Waals surface area contributed by atoms with Crippen molar-refractivity contribution in [2.75, 3.05) is 14.1 Å². The summed E-state index contributed by atoms with van der Waals surface area (Å²) in [5, 5.41) is 10.6. The number of carboxylic acid groups (broad SMARTS) is 1. The number of alkyl halides is 17. The molecule has 0 aromatic rings. The van der Waals surface area contributed by atoms with Crippen molar-refractivity contribution in [2.45, 2.75) is 48.4 Å². The second kappa shape index (κ2) is 9.43. The van der Waals surface area contributed by atoms with Crippen LogP contribution >= 0.6 is 0 Å². The molecule has 2 unspecified atom stereocenters. The van der Waals surface area contributed by atoms with Gasteiger partial charge in [-0.1, -0.05) is 0 Å². The predicted octanol–water partition coefficient (Wildman–Crippen LogP) is 4.78. The molecule has 0 aromatic heterocycles. The van der Waals surface area contributed by atoms with Crippen molar-refractivity contribution in [3.63, 3.8) is 0 Å². The van der Waals surface area contributed by atoms with Gasteiger partial charge in [0.05, 0.1) is 0 Å². The van der Waals surface area contributed by atoms with Crippen LogP contribution in [0.3, 0.4) is 0 Å². The Hall–Kier alpha value is -1.84. The van der Waals surface area contributed by atoms with E-state index in [1.165, 1.54) is 9.47 Å². The average Bonchev–Trinajstić information content (AvgIpc) is 2.50. The van der Waals surface area contributed by atoms with Crippen LogP contribution in [0.25, 0.3) is 0 Å². The fraction of sp³-hybridized carbons (Fsp3) is 0.909. The summed E-state index contributed by atoms with van der Waals surface area (Å²) in [7, 11) is 3.75.